The lowest BCUT2D eigenvalue weighted by Gasteiger charge is -2.41. The molecule has 4 aliphatic rings. The zero-order valence-corrected chi connectivity index (χ0v) is 17.9. The van der Waals surface area contributed by atoms with Crippen molar-refractivity contribution in [1.29, 1.82) is 0 Å². The molecule has 4 fully saturated rings. The van der Waals surface area contributed by atoms with E-state index in [0.29, 0.717) is 12.2 Å². The van der Waals surface area contributed by atoms with Gasteiger partial charge < -0.3 is 19.8 Å². The minimum Gasteiger partial charge on any atom is -0.393 e. The Hall–Kier alpha value is -1.82. The number of rotatable bonds is 3. The molecule has 164 valence electrons. The van der Waals surface area contributed by atoms with Crippen LogP contribution in [0.15, 0.2) is 18.2 Å². The molecule has 1 saturated carbocycles. The fourth-order valence-corrected chi connectivity index (χ4v) is 6.21. The van der Waals surface area contributed by atoms with Gasteiger partial charge in [0.25, 0.3) is 0 Å². The molecule has 5 rings (SSSR count). The van der Waals surface area contributed by atoms with Gasteiger partial charge in [-0.25, -0.2) is 4.39 Å². The van der Waals surface area contributed by atoms with E-state index in [2.05, 4.69) is 14.7 Å². The van der Waals surface area contributed by atoms with E-state index in [0.717, 1.165) is 76.8 Å². The lowest BCUT2D eigenvalue weighted by Crippen LogP contribution is -2.50. The molecule has 3 aliphatic heterocycles. The number of anilines is 2. The number of halogens is 1. The number of carbonyl (C=O) groups is 1. The van der Waals surface area contributed by atoms with Gasteiger partial charge in [0.2, 0.25) is 5.91 Å². The number of amides is 1. The molecular weight excluding hydrogens is 381 g/mol. The number of likely N-dealkylation sites (tertiary alicyclic amines) is 1. The third-order valence-electron chi connectivity index (χ3n) is 7.97. The van der Waals surface area contributed by atoms with Gasteiger partial charge in [0.15, 0.2) is 0 Å². The highest BCUT2D eigenvalue weighted by molar-refractivity contribution is 5.86. The molecule has 1 aromatic rings. The molecule has 1 unspecified atom stereocenters. The molecule has 1 spiro atoms. The standard InChI is InChI=1S/C24H34FN3O2/c25-21-16-19(26-12-1-2-13-26)6-9-22(21)27-14-3-10-24(17-27)11-15-28(23(24)30)18-4-7-20(29)8-5-18/h6,9,16,18,20,29H,1-5,7-8,10-15,17H2. The predicted molar refractivity (Wildman–Crippen MR) is 116 cm³/mol. The topological polar surface area (TPSA) is 47.0 Å². The number of piperidine rings is 1. The fourth-order valence-electron chi connectivity index (χ4n) is 6.21. The normalized spacial score (nSPS) is 32.5. The van der Waals surface area contributed by atoms with E-state index in [1.54, 1.807) is 6.07 Å². The second kappa shape index (κ2) is 8.03. The first-order chi connectivity index (χ1) is 14.6. The molecular formula is C24H34FN3O2. The van der Waals surface area contributed by atoms with Crippen molar-refractivity contribution < 1.29 is 14.3 Å². The summed E-state index contributed by atoms with van der Waals surface area (Å²) in [5.74, 6) is 0.0997. The summed E-state index contributed by atoms with van der Waals surface area (Å²) < 4.78 is 15.1. The van der Waals surface area contributed by atoms with E-state index in [1.807, 2.05) is 12.1 Å². The maximum Gasteiger partial charge on any atom is 0.230 e. The number of nitrogens with zero attached hydrogens (tertiary/aromatic N) is 3. The van der Waals surface area contributed by atoms with Crippen LogP contribution in [-0.4, -0.2) is 60.8 Å². The fraction of sp³-hybridized carbons (Fsp3) is 0.708. The molecule has 3 saturated heterocycles. The molecule has 1 amide bonds. The molecule has 30 heavy (non-hydrogen) atoms. The van der Waals surface area contributed by atoms with Crippen LogP contribution in [-0.2, 0) is 4.79 Å². The van der Waals surface area contributed by atoms with E-state index in [1.165, 1.54) is 12.8 Å². The van der Waals surface area contributed by atoms with E-state index in [4.69, 9.17) is 0 Å². The van der Waals surface area contributed by atoms with Gasteiger partial charge in [-0.1, -0.05) is 0 Å². The number of hydrogen-bond acceptors (Lipinski definition) is 4. The maximum atomic E-state index is 15.1. The number of aliphatic hydroxyl groups excluding tert-OH is 1. The van der Waals surface area contributed by atoms with Gasteiger partial charge in [-0.2, -0.15) is 0 Å². The highest BCUT2D eigenvalue weighted by Crippen LogP contribution is 2.44. The van der Waals surface area contributed by atoms with Crippen molar-refractivity contribution >= 4 is 17.3 Å². The van der Waals surface area contributed by atoms with Gasteiger partial charge in [0.05, 0.1) is 17.2 Å². The summed E-state index contributed by atoms with van der Waals surface area (Å²) in [7, 11) is 0. The minimum absolute atomic E-state index is 0.167. The number of carbonyl (C=O) groups excluding carboxylic acids is 1. The predicted octanol–water partition coefficient (Wildman–Crippen LogP) is 3.55. The van der Waals surface area contributed by atoms with E-state index in [9.17, 15) is 9.90 Å². The van der Waals surface area contributed by atoms with Gasteiger partial charge in [-0.15, -0.1) is 0 Å². The summed E-state index contributed by atoms with van der Waals surface area (Å²) in [6.07, 6.45) is 8.24. The van der Waals surface area contributed by atoms with Crippen LogP contribution in [0.3, 0.4) is 0 Å². The van der Waals surface area contributed by atoms with Crippen LogP contribution < -0.4 is 9.80 Å². The molecule has 1 aromatic carbocycles. The Morgan fingerprint density at radius 2 is 1.67 bits per heavy atom. The largest absolute Gasteiger partial charge is 0.393 e. The molecule has 0 radical (unpaired) electrons. The summed E-state index contributed by atoms with van der Waals surface area (Å²) in [4.78, 5) is 19.9. The zero-order chi connectivity index (χ0) is 20.7. The molecule has 1 atom stereocenters. The molecule has 0 bridgehead atoms. The van der Waals surface area contributed by atoms with Crippen LogP contribution >= 0.6 is 0 Å². The zero-order valence-electron chi connectivity index (χ0n) is 17.9. The van der Waals surface area contributed by atoms with E-state index >= 15 is 4.39 Å². The van der Waals surface area contributed by atoms with Crippen LogP contribution in [0.4, 0.5) is 15.8 Å². The number of hydrogen-bond donors (Lipinski definition) is 1. The van der Waals surface area contributed by atoms with Gasteiger partial charge in [-0.05, 0) is 76.0 Å². The Bertz CT molecular complexity index is 789. The van der Waals surface area contributed by atoms with Gasteiger partial charge in [0.1, 0.15) is 5.82 Å². The van der Waals surface area contributed by atoms with Crippen LogP contribution in [0.2, 0.25) is 0 Å². The van der Waals surface area contributed by atoms with Gasteiger partial charge in [0, 0.05) is 44.5 Å². The van der Waals surface area contributed by atoms with Gasteiger partial charge in [-0.3, -0.25) is 4.79 Å². The molecule has 1 aliphatic carbocycles. The minimum atomic E-state index is -0.367. The highest BCUT2D eigenvalue weighted by Gasteiger charge is 2.50. The number of benzene rings is 1. The first kappa shape index (κ1) is 20.1. The third kappa shape index (κ3) is 3.57. The summed E-state index contributed by atoms with van der Waals surface area (Å²) in [5, 5.41) is 9.80. The second-order valence-corrected chi connectivity index (χ2v) is 9.85. The van der Waals surface area contributed by atoms with E-state index < -0.39 is 0 Å². The van der Waals surface area contributed by atoms with Crippen molar-refractivity contribution in [2.24, 2.45) is 5.41 Å². The highest BCUT2D eigenvalue weighted by atomic mass is 19.1. The lowest BCUT2D eigenvalue weighted by atomic mass is 9.78. The Morgan fingerprint density at radius 1 is 0.933 bits per heavy atom. The Labute approximate surface area is 178 Å². The van der Waals surface area contributed by atoms with Crippen molar-refractivity contribution in [3.05, 3.63) is 24.0 Å². The SMILES string of the molecule is O=C1N(C2CCC(O)CC2)CCC12CCCN(c1ccc(N3CCCC3)cc1F)C2. The van der Waals surface area contributed by atoms with Crippen LogP contribution in [0.25, 0.3) is 0 Å². The molecule has 1 N–H and O–H groups in total. The van der Waals surface area contributed by atoms with Crippen LogP contribution in [0.1, 0.15) is 57.8 Å². The number of aliphatic hydroxyl groups is 1. The molecule has 0 aromatic heterocycles. The second-order valence-electron chi connectivity index (χ2n) is 9.85. The summed E-state index contributed by atoms with van der Waals surface area (Å²) in [5.41, 5.74) is 1.25. The van der Waals surface area contributed by atoms with Gasteiger partial charge >= 0.3 is 0 Å². The van der Waals surface area contributed by atoms with Crippen molar-refractivity contribution in [2.45, 2.75) is 69.9 Å². The van der Waals surface area contributed by atoms with E-state index in [-0.39, 0.29) is 29.3 Å². The Morgan fingerprint density at radius 3 is 2.40 bits per heavy atom. The molecule has 6 heteroatoms. The van der Waals surface area contributed by atoms with Crippen molar-refractivity contribution in [3.63, 3.8) is 0 Å². The summed E-state index contributed by atoms with van der Waals surface area (Å²) in [6, 6.07) is 5.91. The lowest BCUT2D eigenvalue weighted by molar-refractivity contribution is -0.139. The van der Waals surface area contributed by atoms with Crippen molar-refractivity contribution in [1.82, 2.24) is 4.90 Å². The average Bonchev–Trinajstić information content (AvgIpc) is 3.39. The summed E-state index contributed by atoms with van der Waals surface area (Å²) >= 11 is 0. The molecule has 3 heterocycles. The van der Waals surface area contributed by atoms with Crippen LogP contribution in [0, 0.1) is 11.2 Å². The van der Waals surface area contributed by atoms with Crippen molar-refractivity contribution in [3.8, 4) is 0 Å². The Kier molecular flexibility index (Phi) is 5.38. The molecule has 5 nitrogen and oxygen atoms in total. The maximum absolute atomic E-state index is 15.1. The van der Waals surface area contributed by atoms with Crippen molar-refractivity contribution in [2.75, 3.05) is 42.5 Å². The Balaban J connectivity index is 1.30. The smallest absolute Gasteiger partial charge is 0.230 e. The monoisotopic (exact) mass is 415 g/mol. The van der Waals surface area contributed by atoms with Crippen LogP contribution in [0.5, 0.6) is 0 Å². The third-order valence-corrected chi connectivity index (χ3v) is 7.97. The first-order valence-corrected chi connectivity index (χ1v) is 11.8. The first-order valence-electron chi connectivity index (χ1n) is 11.8. The average molecular weight is 416 g/mol. The quantitative estimate of drug-likeness (QED) is 0.820. The summed E-state index contributed by atoms with van der Waals surface area (Å²) in [6.45, 7) is 4.26.